The lowest BCUT2D eigenvalue weighted by molar-refractivity contribution is -0.116. The van der Waals surface area contributed by atoms with Gasteiger partial charge in [-0.2, -0.15) is 0 Å². The van der Waals surface area contributed by atoms with Crippen LogP contribution in [0, 0.1) is 0 Å². The second kappa shape index (κ2) is 8.99. The number of aryl methyl sites for hydroxylation is 1. The van der Waals surface area contributed by atoms with Gasteiger partial charge in [0.05, 0.1) is 11.4 Å². The van der Waals surface area contributed by atoms with E-state index < -0.39 is 11.4 Å². The molecule has 0 aliphatic carbocycles. The maximum absolute atomic E-state index is 12.5. The normalized spacial score (nSPS) is 16.4. The fourth-order valence-corrected chi connectivity index (χ4v) is 4.12. The average molecular weight is 357 g/mol. The summed E-state index contributed by atoms with van der Waals surface area (Å²) in [7, 11) is 0. The number of carbonyl (C=O) groups excluding carboxylic acids is 1. The number of pyridine rings is 1. The Morgan fingerprint density at radius 1 is 1.16 bits per heavy atom. The highest BCUT2D eigenvalue weighted by Gasteiger charge is 2.24. The van der Waals surface area contributed by atoms with Gasteiger partial charge in [0.2, 0.25) is 5.91 Å². The number of amides is 1. The first-order valence-corrected chi connectivity index (χ1v) is 9.79. The molecule has 1 saturated heterocycles. The maximum Gasteiger partial charge on any atom is 0.224 e. The molecule has 1 aromatic heterocycles. The summed E-state index contributed by atoms with van der Waals surface area (Å²) in [6.45, 7) is 1.78. The van der Waals surface area contributed by atoms with Crippen molar-refractivity contribution >= 4 is 23.0 Å². The van der Waals surface area contributed by atoms with Crippen molar-refractivity contribution in [1.82, 2.24) is 9.29 Å². The van der Waals surface area contributed by atoms with E-state index in [-0.39, 0.29) is 5.91 Å². The van der Waals surface area contributed by atoms with Crippen LogP contribution >= 0.6 is 0 Å². The van der Waals surface area contributed by atoms with Crippen LogP contribution in [0.3, 0.4) is 0 Å². The second-order valence-electron chi connectivity index (χ2n) is 6.17. The van der Waals surface area contributed by atoms with E-state index >= 15 is 0 Å². The quantitative estimate of drug-likeness (QED) is 0.807. The summed E-state index contributed by atoms with van der Waals surface area (Å²) in [6, 6.07) is 11.1. The highest BCUT2D eigenvalue weighted by Crippen LogP contribution is 2.22. The van der Waals surface area contributed by atoms with Crippen LogP contribution in [0.4, 0.5) is 5.69 Å². The summed E-state index contributed by atoms with van der Waals surface area (Å²) in [5.41, 5.74) is 1.78. The number of hydrogen-bond donors (Lipinski definition) is 1. The molecule has 25 heavy (non-hydrogen) atoms. The molecular formula is C19H23N3O2S. The van der Waals surface area contributed by atoms with Crippen molar-refractivity contribution in [3.8, 4) is 0 Å². The standard InChI is InChI=1S/C19H23N3O2S/c23-19(11-6-16-5-4-12-20-15-16)21-17-7-9-18(10-8-17)25(24)22-13-2-1-3-14-22/h4-5,7-10,12,15H,1-3,6,11,13-14H2,(H,21,23). The van der Waals surface area contributed by atoms with Crippen molar-refractivity contribution < 1.29 is 9.35 Å². The van der Waals surface area contributed by atoms with E-state index in [1.54, 1.807) is 12.4 Å². The molecule has 1 N–H and O–H groups in total. The van der Waals surface area contributed by atoms with Crippen LogP contribution < -0.4 is 5.32 Å². The van der Waals surface area contributed by atoms with Crippen LogP contribution in [0.15, 0.2) is 53.7 Å². The highest BCUT2D eigenvalue weighted by atomic mass is 32.2. The molecule has 0 spiro atoms. The average Bonchev–Trinajstić information content (AvgIpc) is 2.68. The van der Waals surface area contributed by atoms with Gasteiger partial charge in [-0.3, -0.25) is 9.78 Å². The molecule has 6 heteroatoms. The van der Waals surface area contributed by atoms with Gasteiger partial charge in [-0.15, -0.1) is 4.31 Å². The number of aromatic nitrogens is 1. The smallest absolute Gasteiger partial charge is 0.224 e. The summed E-state index contributed by atoms with van der Waals surface area (Å²) in [5.74, 6) is -0.0336. The van der Waals surface area contributed by atoms with Gasteiger partial charge in [-0.05, 0) is 55.2 Å². The van der Waals surface area contributed by atoms with E-state index in [1.807, 2.05) is 40.7 Å². The van der Waals surface area contributed by atoms with Gasteiger partial charge in [-0.25, -0.2) is 0 Å². The van der Waals surface area contributed by atoms with Gasteiger partial charge >= 0.3 is 0 Å². The summed E-state index contributed by atoms with van der Waals surface area (Å²) >= 11 is -1.11. The van der Waals surface area contributed by atoms with E-state index in [2.05, 4.69) is 10.3 Å². The monoisotopic (exact) mass is 357 g/mol. The molecule has 3 rings (SSSR count). The molecule has 1 aliphatic heterocycles. The van der Waals surface area contributed by atoms with Crippen molar-refractivity contribution in [2.45, 2.75) is 37.0 Å². The third-order valence-electron chi connectivity index (χ3n) is 4.25. The summed E-state index contributed by atoms with van der Waals surface area (Å²) in [5, 5.41) is 2.89. The van der Waals surface area contributed by atoms with Gasteiger partial charge in [0, 0.05) is 37.6 Å². The van der Waals surface area contributed by atoms with E-state index in [0.29, 0.717) is 12.8 Å². The molecule has 0 bridgehead atoms. The molecule has 1 aliphatic rings. The van der Waals surface area contributed by atoms with Crippen LogP contribution in [0.25, 0.3) is 0 Å². The lowest BCUT2D eigenvalue weighted by Gasteiger charge is -2.27. The number of carbonyl (C=O) groups is 1. The van der Waals surface area contributed by atoms with E-state index in [4.69, 9.17) is 0 Å². The molecule has 1 aromatic carbocycles. The van der Waals surface area contributed by atoms with Crippen LogP contribution in [0.5, 0.6) is 0 Å². The minimum absolute atomic E-state index is 0.0336. The molecular weight excluding hydrogens is 334 g/mol. The van der Waals surface area contributed by atoms with Crippen molar-refractivity contribution in [2.75, 3.05) is 18.4 Å². The number of rotatable bonds is 6. The van der Waals surface area contributed by atoms with E-state index in [9.17, 15) is 9.35 Å². The number of anilines is 1. The Hall–Kier alpha value is -1.89. The van der Waals surface area contributed by atoms with E-state index in [0.717, 1.165) is 42.1 Å². The largest absolute Gasteiger partial charge is 0.593 e. The summed E-state index contributed by atoms with van der Waals surface area (Å²) in [6.07, 6.45) is 8.01. The first kappa shape index (κ1) is 17.9. The molecule has 0 radical (unpaired) electrons. The maximum atomic E-state index is 12.5. The molecule has 0 saturated carbocycles. The summed E-state index contributed by atoms with van der Waals surface area (Å²) < 4.78 is 14.6. The first-order valence-electron chi connectivity index (χ1n) is 8.68. The Balaban J connectivity index is 1.50. The Bertz CT molecular complexity index is 673. The Kier molecular flexibility index (Phi) is 6.44. The molecule has 1 atom stereocenters. The van der Waals surface area contributed by atoms with Crippen LogP contribution in [0.2, 0.25) is 0 Å². The molecule has 1 unspecified atom stereocenters. The number of hydrogen-bond acceptors (Lipinski definition) is 4. The second-order valence-corrected chi connectivity index (χ2v) is 7.66. The number of nitrogens with one attached hydrogen (secondary N) is 1. The zero-order valence-corrected chi connectivity index (χ0v) is 15.0. The fourth-order valence-electron chi connectivity index (χ4n) is 2.86. The predicted molar refractivity (Wildman–Crippen MR) is 99.5 cm³/mol. The zero-order chi connectivity index (χ0) is 17.5. The molecule has 1 fully saturated rings. The van der Waals surface area contributed by atoms with Gasteiger partial charge in [0.1, 0.15) is 0 Å². The third kappa shape index (κ3) is 5.29. The molecule has 1 amide bonds. The minimum Gasteiger partial charge on any atom is -0.593 e. The Morgan fingerprint density at radius 2 is 1.92 bits per heavy atom. The SMILES string of the molecule is O=C(CCc1cccnc1)Nc1ccc([S+]([O-])N2CCCCC2)cc1. The number of benzene rings is 1. The van der Waals surface area contributed by atoms with Gasteiger partial charge in [0.25, 0.3) is 0 Å². The number of nitrogens with zero attached hydrogens (tertiary/aromatic N) is 2. The minimum atomic E-state index is -1.11. The fraction of sp³-hybridized carbons (Fsp3) is 0.368. The zero-order valence-electron chi connectivity index (χ0n) is 14.2. The Labute approximate surface area is 151 Å². The van der Waals surface area contributed by atoms with Crippen LogP contribution in [-0.2, 0) is 22.6 Å². The lowest BCUT2D eigenvalue weighted by Crippen LogP contribution is -2.35. The van der Waals surface area contributed by atoms with Crippen molar-refractivity contribution in [1.29, 1.82) is 0 Å². The van der Waals surface area contributed by atoms with Gasteiger partial charge in [0.15, 0.2) is 4.90 Å². The molecule has 2 heterocycles. The topological polar surface area (TPSA) is 68.3 Å². The van der Waals surface area contributed by atoms with Crippen LogP contribution in [-0.4, -0.2) is 32.8 Å². The van der Waals surface area contributed by atoms with Gasteiger partial charge in [-0.1, -0.05) is 12.5 Å². The molecule has 5 nitrogen and oxygen atoms in total. The Morgan fingerprint density at radius 3 is 2.60 bits per heavy atom. The third-order valence-corrected chi connectivity index (χ3v) is 5.76. The lowest BCUT2D eigenvalue weighted by atomic mass is 10.1. The molecule has 2 aromatic rings. The number of piperidine rings is 1. The van der Waals surface area contributed by atoms with Crippen molar-refractivity contribution in [2.24, 2.45) is 0 Å². The molecule has 132 valence electrons. The van der Waals surface area contributed by atoms with Crippen molar-refractivity contribution in [3.63, 3.8) is 0 Å². The predicted octanol–water partition coefficient (Wildman–Crippen LogP) is 3.16. The van der Waals surface area contributed by atoms with Crippen molar-refractivity contribution in [3.05, 3.63) is 54.4 Å². The summed E-state index contributed by atoms with van der Waals surface area (Å²) in [4.78, 5) is 16.9. The highest BCUT2D eigenvalue weighted by molar-refractivity contribution is 7.89. The van der Waals surface area contributed by atoms with Gasteiger partial charge < -0.3 is 9.87 Å². The van der Waals surface area contributed by atoms with E-state index in [1.165, 1.54) is 6.42 Å². The van der Waals surface area contributed by atoms with Crippen LogP contribution in [0.1, 0.15) is 31.2 Å². The first-order chi connectivity index (χ1) is 12.2.